The first-order valence-electron chi connectivity index (χ1n) is 6.93. The van der Waals surface area contributed by atoms with Gasteiger partial charge in [0.2, 0.25) is 0 Å². The molecule has 2 rings (SSSR count). The van der Waals surface area contributed by atoms with E-state index >= 15 is 0 Å². The minimum atomic E-state index is 0.381. The van der Waals surface area contributed by atoms with Gasteiger partial charge in [-0.3, -0.25) is 4.90 Å². The lowest BCUT2D eigenvalue weighted by Gasteiger charge is -2.42. The Kier molecular flexibility index (Phi) is 5.03. The number of piperazine rings is 1. The van der Waals surface area contributed by atoms with Gasteiger partial charge in [0.05, 0.1) is 0 Å². The molecule has 2 atom stereocenters. The fourth-order valence-corrected chi connectivity index (χ4v) is 2.84. The molecule has 0 radical (unpaired) electrons. The van der Waals surface area contributed by atoms with Crippen LogP contribution in [0.25, 0.3) is 0 Å². The third-order valence-electron chi connectivity index (χ3n) is 3.81. The minimum absolute atomic E-state index is 0.381. The second-order valence-electron chi connectivity index (χ2n) is 5.63. The van der Waals surface area contributed by atoms with Gasteiger partial charge in [-0.15, -0.1) is 0 Å². The van der Waals surface area contributed by atoms with Gasteiger partial charge in [0.1, 0.15) is 0 Å². The first-order chi connectivity index (χ1) is 9.08. The molecule has 1 aliphatic rings. The van der Waals surface area contributed by atoms with Crippen molar-refractivity contribution in [3.05, 3.63) is 47.5 Å². The molecule has 104 valence electrons. The lowest BCUT2D eigenvalue weighted by molar-refractivity contribution is 0.125. The SMILES string of the molecule is C=C(Cl)CN1CC(C(C)C)NCC1c1ccccc1. The van der Waals surface area contributed by atoms with Gasteiger partial charge in [-0.05, 0) is 11.5 Å². The van der Waals surface area contributed by atoms with E-state index in [9.17, 15) is 0 Å². The lowest BCUT2D eigenvalue weighted by Crippen LogP contribution is -2.54. The van der Waals surface area contributed by atoms with Crippen LogP contribution >= 0.6 is 11.6 Å². The number of halogens is 1. The van der Waals surface area contributed by atoms with Crippen LogP contribution in [0.4, 0.5) is 0 Å². The molecule has 1 N–H and O–H groups in total. The van der Waals surface area contributed by atoms with Crippen molar-refractivity contribution >= 4 is 11.6 Å². The Morgan fingerprint density at radius 3 is 2.68 bits per heavy atom. The van der Waals surface area contributed by atoms with Gasteiger partial charge in [0.25, 0.3) is 0 Å². The maximum absolute atomic E-state index is 6.03. The van der Waals surface area contributed by atoms with Crippen LogP contribution in [0.5, 0.6) is 0 Å². The largest absolute Gasteiger partial charge is 0.311 e. The van der Waals surface area contributed by atoms with Crippen molar-refractivity contribution in [2.24, 2.45) is 5.92 Å². The number of nitrogens with zero attached hydrogens (tertiary/aromatic N) is 1. The van der Waals surface area contributed by atoms with Crippen LogP contribution < -0.4 is 5.32 Å². The summed E-state index contributed by atoms with van der Waals surface area (Å²) in [7, 11) is 0. The number of nitrogens with one attached hydrogen (secondary N) is 1. The van der Waals surface area contributed by atoms with E-state index in [1.807, 2.05) is 0 Å². The molecule has 0 amide bonds. The third kappa shape index (κ3) is 3.82. The van der Waals surface area contributed by atoms with E-state index in [2.05, 4.69) is 61.0 Å². The number of benzene rings is 1. The highest BCUT2D eigenvalue weighted by molar-refractivity contribution is 6.29. The van der Waals surface area contributed by atoms with Crippen LogP contribution in [0.15, 0.2) is 41.9 Å². The molecule has 19 heavy (non-hydrogen) atoms. The molecular weight excluding hydrogens is 256 g/mol. The summed E-state index contributed by atoms with van der Waals surface area (Å²) in [5.41, 5.74) is 1.34. The van der Waals surface area contributed by atoms with Gasteiger partial charge in [0, 0.05) is 36.8 Å². The summed E-state index contributed by atoms with van der Waals surface area (Å²) < 4.78 is 0. The molecule has 0 saturated carbocycles. The summed E-state index contributed by atoms with van der Waals surface area (Å²) in [5.74, 6) is 0.628. The van der Waals surface area contributed by atoms with Crippen molar-refractivity contribution in [1.29, 1.82) is 0 Å². The Bertz CT molecular complexity index is 416. The Hall–Kier alpha value is -0.830. The zero-order valence-corrected chi connectivity index (χ0v) is 12.5. The van der Waals surface area contributed by atoms with Gasteiger partial charge >= 0.3 is 0 Å². The van der Waals surface area contributed by atoms with Crippen LogP contribution in [0, 0.1) is 5.92 Å². The smallest absolute Gasteiger partial charge is 0.0477 e. The van der Waals surface area contributed by atoms with E-state index in [-0.39, 0.29) is 0 Å². The molecule has 1 heterocycles. The van der Waals surface area contributed by atoms with Gasteiger partial charge in [-0.1, -0.05) is 62.4 Å². The summed E-state index contributed by atoms with van der Waals surface area (Å²) >= 11 is 6.03. The maximum atomic E-state index is 6.03. The van der Waals surface area contributed by atoms with E-state index in [0.29, 0.717) is 23.0 Å². The lowest BCUT2D eigenvalue weighted by atomic mass is 9.96. The molecule has 1 aliphatic heterocycles. The Morgan fingerprint density at radius 1 is 1.42 bits per heavy atom. The monoisotopic (exact) mass is 278 g/mol. The van der Waals surface area contributed by atoms with Crippen LogP contribution in [0.1, 0.15) is 25.5 Å². The molecule has 0 spiro atoms. The first-order valence-corrected chi connectivity index (χ1v) is 7.31. The standard InChI is InChI=1S/C16H23ClN2/c1-12(2)15-11-19(10-13(3)17)16(9-18-15)14-7-5-4-6-8-14/h4-8,12,15-16,18H,3,9-11H2,1-2H3. The zero-order valence-electron chi connectivity index (χ0n) is 11.8. The highest BCUT2D eigenvalue weighted by Gasteiger charge is 2.30. The van der Waals surface area contributed by atoms with E-state index in [0.717, 1.165) is 19.6 Å². The predicted octanol–water partition coefficient (Wildman–Crippen LogP) is 3.41. The zero-order chi connectivity index (χ0) is 13.8. The Morgan fingerprint density at radius 2 is 2.11 bits per heavy atom. The van der Waals surface area contributed by atoms with Crippen molar-refractivity contribution in [3.63, 3.8) is 0 Å². The van der Waals surface area contributed by atoms with Crippen molar-refractivity contribution in [2.75, 3.05) is 19.6 Å². The molecule has 1 fully saturated rings. The Labute approximate surface area is 121 Å². The molecule has 0 aromatic heterocycles. The van der Waals surface area contributed by atoms with Gasteiger partial charge in [-0.25, -0.2) is 0 Å². The normalized spacial score (nSPS) is 24.6. The maximum Gasteiger partial charge on any atom is 0.0477 e. The highest BCUT2D eigenvalue weighted by atomic mass is 35.5. The number of rotatable bonds is 4. The second-order valence-corrected chi connectivity index (χ2v) is 6.17. The van der Waals surface area contributed by atoms with Crippen LogP contribution in [-0.4, -0.2) is 30.6 Å². The summed E-state index contributed by atoms with van der Waals surface area (Å²) in [4.78, 5) is 2.44. The van der Waals surface area contributed by atoms with Crippen molar-refractivity contribution < 1.29 is 0 Å². The van der Waals surface area contributed by atoms with E-state index < -0.39 is 0 Å². The summed E-state index contributed by atoms with van der Waals surface area (Å²) in [6.45, 7) is 11.1. The van der Waals surface area contributed by atoms with Gasteiger partial charge in [0.15, 0.2) is 0 Å². The average molecular weight is 279 g/mol. The molecule has 2 unspecified atom stereocenters. The van der Waals surface area contributed by atoms with E-state index in [1.54, 1.807) is 0 Å². The molecule has 0 bridgehead atoms. The fourth-order valence-electron chi connectivity index (χ4n) is 2.68. The third-order valence-corrected chi connectivity index (χ3v) is 3.93. The van der Waals surface area contributed by atoms with Gasteiger partial charge in [-0.2, -0.15) is 0 Å². The topological polar surface area (TPSA) is 15.3 Å². The number of hydrogen-bond donors (Lipinski definition) is 1. The molecule has 2 nitrogen and oxygen atoms in total. The molecule has 1 aromatic rings. The van der Waals surface area contributed by atoms with Crippen molar-refractivity contribution in [1.82, 2.24) is 10.2 Å². The van der Waals surface area contributed by atoms with E-state index in [4.69, 9.17) is 11.6 Å². The fraction of sp³-hybridized carbons (Fsp3) is 0.500. The van der Waals surface area contributed by atoms with Crippen LogP contribution in [0.2, 0.25) is 0 Å². The minimum Gasteiger partial charge on any atom is -0.311 e. The summed E-state index contributed by atoms with van der Waals surface area (Å²) in [6, 6.07) is 11.5. The first kappa shape index (κ1) is 14.6. The molecule has 1 saturated heterocycles. The van der Waals surface area contributed by atoms with Crippen molar-refractivity contribution in [3.8, 4) is 0 Å². The molecule has 1 aromatic carbocycles. The second kappa shape index (κ2) is 6.56. The highest BCUT2D eigenvalue weighted by Crippen LogP contribution is 2.26. The predicted molar refractivity (Wildman–Crippen MR) is 82.4 cm³/mol. The van der Waals surface area contributed by atoms with Gasteiger partial charge < -0.3 is 5.32 Å². The van der Waals surface area contributed by atoms with E-state index in [1.165, 1.54) is 5.56 Å². The number of hydrogen-bond acceptors (Lipinski definition) is 2. The van der Waals surface area contributed by atoms with Crippen molar-refractivity contribution in [2.45, 2.75) is 25.9 Å². The Balaban J connectivity index is 2.15. The van der Waals surface area contributed by atoms with Crippen LogP contribution in [0.3, 0.4) is 0 Å². The molecule has 0 aliphatic carbocycles. The quantitative estimate of drug-likeness (QED) is 0.908. The average Bonchev–Trinajstić information content (AvgIpc) is 2.39. The molecule has 3 heteroatoms. The summed E-state index contributed by atoms with van der Waals surface area (Å²) in [5, 5.41) is 4.37. The summed E-state index contributed by atoms with van der Waals surface area (Å²) in [6.07, 6.45) is 0. The molecular formula is C16H23ClN2. The van der Waals surface area contributed by atoms with Crippen LogP contribution in [-0.2, 0) is 0 Å².